The number of amides is 1. The molecule has 0 spiro atoms. The molecule has 13 heteroatoms. The van der Waals surface area contributed by atoms with E-state index < -0.39 is 0 Å². The molecule has 0 atom stereocenters. The zero-order valence-corrected chi connectivity index (χ0v) is 19.5. The Labute approximate surface area is 195 Å². The van der Waals surface area contributed by atoms with Gasteiger partial charge in [0.05, 0.1) is 10.8 Å². The van der Waals surface area contributed by atoms with E-state index in [4.69, 9.17) is 11.6 Å². The van der Waals surface area contributed by atoms with E-state index in [-0.39, 0.29) is 11.7 Å². The molecule has 0 bridgehead atoms. The lowest BCUT2D eigenvalue weighted by molar-refractivity contribution is -0.128. The van der Waals surface area contributed by atoms with Gasteiger partial charge in [-0.3, -0.25) is 4.79 Å². The van der Waals surface area contributed by atoms with Crippen LogP contribution in [0.3, 0.4) is 0 Å². The Hall–Kier alpha value is -2.86. The molecule has 1 saturated heterocycles. The van der Waals surface area contributed by atoms with Crippen LogP contribution in [-0.2, 0) is 4.79 Å². The van der Waals surface area contributed by atoms with Gasteiger partial charge in [0, 0.05) is 45.5 Å². The van der Waals surface area contributed by atoms with Crippen LogP contribution in [0.5, 0.6) is 0 Å². The quantitative estimate of drug-likeness (QED) is 0.466. The highest BCUT2D eigenvalue weighted by Crippen LogP contribution is 2.24. The fourth-order valence-corrected chi connectivity index (χ4v) is 4.46. The lowest BCUT2D eigenvalue weighted by Crippen LogP contribution is -2.49. The topological polar surface area (TPSA) is 116 Å². The van der Waals surface area contributed by atoms with Gasteiger partial charge in [0.1, 0.15) is 5.82 Å². The minimum atomic E-state index is 0.0497. The van der Waals surface area contributed by atoms with Gasteiger partial charge >= 0.3 is 0 Å². The molecule has 3 aromatic heterocycles. The maximum Gasteiger partial charge on any atom is 0.261 e. The molecule has 4 heterocycles. The minimum Gasteiger partial charge on any atom is -0.355 e. The molecule has 2 N–H and O–H groups in total. The summed E-state index contributed by atoms with van der Waals surface area (Å²) in [6, 6.07) is 3.64. The average Bonchev–Trinajstić information content (AvgIpc) is 3.21. The van der Waals surface area contributed by atoms with Crippen molar-refractivity contribution in [3.8, 4) is 0 Å². The van der Waals surface area contributed by atoms with Crippen LogP contribution >= 0.6 is 23.4 Å². The average molecular weight is 477 g/mol. The third-order valence-corrected chi connectivity index (χ3v) is 6.12. The van der Waals surface area contributed by atoms with Gasteiger partial charge in [-0.15, -0.1) is 10.2 Å². The number of aromatic nitrogens is 6. The predicted octanol–water partition coefficient (Wildman–Crippen LogP) is 1.87. The summed E-state index contributed by atoms with van der Waals surface area (Å²) < 4.78 is 1.74. The summed E-state index contributed by atoms with van der Waals surface area (Å²) in [6.07, 6.45) is 1.73. The number of anilines is 3. The fraction of sp³-hybridized carbons (Fsp3) is 0.474. The van der Waals surface area contributed by atoms with Crippen molar-refractivity contribution in [2.75, 3.05) is 60.6 Å². The van der Waals surface area contributed by atoms with Crippen LogP contribution in [0.4, 0.5) is 17.7 Å². The zero-order chi connectivity index (χ0) is 22.5. The smallest absolute Gasteiger partial charge is 0.261 e. The van der Waals surface area contributed by atoms with Crippen LogP contribution < -0.4 is 15.5 Å². The van der Waals surface area contributed by atoms with Crippen LogP contribution in [0, 0.1) is 0 Å². The van der Waals surface area contributed by atoms with E-state index in [9.17, 15) is 4.79 Å². The highest BCUT2D eigenvalue weighted by atomic mass is 35.5. The number of hydrogen-bond acceptors (Lipinski definition) is 10. The Morgan fingerprint density at radius 2 is 1.91 bits per heavy atom. The number of halogens is 1. The van der Waals surface area contributed by atoms with E-state index in [1.807, 2.05) is 30.9 Å². The standard InChI is InChI=1S/C19H25ClN10OS/c1-3-21-16-24-17(22-4-2)30-18(25-16)26-27-19(30)32-12-14(31)28-8-10-29(11-9-28)15-13(20)6-5-7-23-15/h5-7H,3-4,8-12H2,1-2H3,(H2,21,22,24,25,26). The number of hydrogen-bond donors (Lipinski definition) is 2. The molecule has 0 unspecified atom stereocenters. The van der Waals surface area contributed by atoms with Gasteiger partial charge < -0.3 is 20.4 Å². The molecule has 0 aliphatic carbocycles. The van der Waals surface area contributed by atoms with Crippen molar-refractivity contribution in [1.82, 2.24) is 34.4 Å². The molecule has 4 rings (SSSR count). The van der Waals surface area contributed by atoms with Crippen molar-refractivity contribution in [3.05, 3.63) is 23.4 Å². The molecule has 3 aromatic rings. The monoisotopic (exact) mass is 476 g/mol. The number of carbonyl (C=O) groups excluding carboxylic acids is 1. The number of piperazine rings is 1. The van der Waals surface area contributed by atoms with E-state index >= 15 is 0 Å². The Morgan fingerprint density at radius 1 is 1.12 bits per heavy atom. The van der Waals surface area contributed by atoms with Crippen molar-refractivity contribution in [3.63, 3.8) is 0 Å². The molecular weight excluding hydrogens is 452 g/mol. The summed E-state index contributed by atoms with van der Waals surface area (Å²) in [4.78, 5) is 30.0. The van der Waals surface area contributed by atoms with E-state index in [1.165, 1.54) is 11.8 Å². The zero-order valence-electron chi connectivity index (χ0n) is 18.0. The van der Waals surface area contributed by atoms with Crippen molar-refractivity contribution >= 4 is 52.8 Å². The summed E-state index contributed by atoms with van der Waals surface area (Å²) in [5.74, 6) is 2.58. The number of rotatable bonds is 8. The number of thioether (sulfide) groups is 1. The maximum atomic E-state index is 12.8. The number of nitrogens with one attached hydrogen (secondary N) is 2. The Morgan fingerprint density at radius 3 is 2.62 bits per heavy atom. The van der Waals surface area contributed by atoms with Gasteiger partial charge in [0.15, 0.2) is 5.16 Å². The van der Waals surface area contributed by atoms with Gasteiger partial charge in [-0.25, -0.2) is 9.38 Å². The number of nitrogens with zero attached hydrogens (tertiary/aromatic N) is 8. The molecule has 0 saturated carbocycles. The molecule has 0 aromatic carbocycles. The summed E-state index contributed by atoms with van der Waals surface area (Å²) in [6.45, 7) is 7.95. The van der Waals surface area contributed by atoms with Crippen molar-refractivity contribution in [2.45, 2.75) is 19.0 Å². The summed E-state index contributed by atoms with van der Waals surface area (Å²) in [7, 11) is 0. The third-order valence-electron chi connectivity index (χ3n) is 4.91. The first kappa shape index (κ1) is 22.3. The van der Waals surface area contributed by atoms with E-state index in [0.29, 0.717) is 67.1 Å². The number of fused-ring (bicyclic) bond motifs is 1. The second kappa shape index (κ2) is 10.2. The predicted molar refractivity (Wildman–Crippen MR) is 126 cm³/mol. The first-order valence-corrected chi connectivity index (χ1v) is 11.8. The fourth-order valence-electron chi connectivity index (χ4n) is 3.39. The highest BCUT2D eigenvalue weighted by Gasteiger charge is 2.24. The Kier molecular flexibility index (Phi) is 7.10. The van der Waals surface area contributed by atoms with Crippen LogP contribution in [-0.4, -0.2) is 85.4 Å². The van der Waals surface area contributed by atoms with Gasteiger partial charge in [-0.2, -0.15) is 9.97 Å². The van der Waals surface area contributed by atoms with Gasteiger partial charge in [-0.05, 0) is 26.0 Å². The van der Waals surface area contributed by atoms with Gasteiger partial charge in [0.2, 0.25) is 17.8 Å². The summed E-state index contributed by atoms with van der Waals surface area (Å²) in [5.41, 5.74) is 0. The second-order valence-electron chi connectivity index (χ2n) is 7.01. The molecular formula is C19H25ClN10OS. The molecule has 11 nitrogen and oxygen atoms in total. The summed E-state index contributed by atoms with van der Waals surface area (Å²) in [5, 5.41) is 15.9. The second-order valence-corrected chi connectivity index (χ2v) is 8.36. The molecule has 170 valence electrons. The molecule has 0 radical (unpaired) electrons. The lowest BCUT2D eigenvalue weighted by atomic mass is 10.3. The van der Waals surface area contributed by atoms with Crippen molar-refractivity contribution in [2.24, 2.45) is 0 Å². The molecule has 1 amide bonds. The van der Waals surface area contributed by atoms with E-state index in [1.54, 1.807) is 10.6 Å². The minimum absolute atomic E-state index is 0.0497. The molecule has 32 heavy (non-hydrogen) atoms. The number of carbonyl (C=O) groups is 1. The lowest BCUT2D eigenvalue weighted by Gasteiger charge is -2.35. The molecule has 1 fully saturated rings. The van der Waals surface area contributed by atoms with Crippen LogP contribution in [0.25, 0.3) is 5.78 Å². The third kappa shape index (κ3) is 4.80. The van der Waals surface area contributed by atoms with Gasteiger partial charge in [0.25, 0.3) is 5.78 Å². The molecule has 1 aliphatic heterocycles. The van der Waals surface area contributed by atoms with Crippen molar-refractivity contribution in [1.29, 1.82) is 0 Å². The Balaban J connectivity index is 1.39. The Bertz CT molecular complexity index is 1090. The van der Waals surface area contributed by atoms with Crippen LogP contribution in [0.15, 0.2) is 23.5 Å². The normalized spacial score (nSPS) is 14.1. The highest BCUT2D eigenvalue weighted by molar-refractivity contribution is 7.99. The van der Waals surface area contributed by atoms with E-state index in [2.05, 4.69) is 40.7 Å². The van der Waals surface area contributed by atoms with Crippen LogP contribution in [0.1, 0.15) is 13.8 Å². The van der Waals surface area contributed by atoms with E-state index in [0.717, 1.165) is 5.82 Å². The first-order chi connectivity index (χ1) is 15.6. The SMILES string of the molecule is CCNc1nc(NCC)n2c(SCC(=O)N3CCN(c4ncccc4Cl)CC3)nnc2n1. The van der Waals surface area contributed by atoms with Crippen molar-refractivity contribution < 1.29 is 4.79 Å². The molecule has 1 aliphatic rings. The largest absolute Gasteiger partial charge is 0.355 e. The maximum absolute atomic E-state index is 12.8. The first-order valence-electron chi connectivity index (χ1n) is 10.5. The summed E-state index contributed by atoms with van der Waals surface area (Å²) >= 11 is 7.58. The van der Waals surface area contributed by atoms with Crippen LogP contribution in [0.2, 0.25) is 5.02 Å². The number of pyridine rings is 1. The van der Waals surface area contributed by atoms with Gasteiger partial charge in [-0.1, -0.05) is 23.4 Å².